The lowest BCUT2D eigenvalue weighted by molar-refractivity contribution is 0.103. The Bertz CT molecular complexity index is 898. The summed E-state index contributed by atoms with van der Waals surface area (Å²) in [5.41, 5.74) is 1.64. The molecule has 0 spiro atoms. The Kier molecular flexibility index (Phi) is 4.64. The van der Waals surface area contributed by atoms with Crippen molar-refractivity contribution in [2.45, 2.75) is 6.92 Å². The number of anilines is 1. The molecule has 3 rings (SSSR count). The summed E-state index contributed by atoms with van der Waals surface area (Å²) in [6, 6.07) is 11.1. The number of amides is 1. The lowest BCUT2D eigenvalue weighted by Crippen LogP contribution is -2.10. The largest absolute Gasteiger partial charge is 0.497 e. The van der Waals surface area contributed by atoms with E-state index in [-0.39, 0.29) is 5.91 Å². The van der Waals surface area contributed by atoms with Gasteiger partial charge in [0.05, 0.1) is 19.2 Å². The molecule has 0 atom stereocenters. The quantitative estimate of drug-likeness (QED) is 0.700. The molecule has 0 fully saturated rings. The van der Waals surface area contributed by atoms with Crippen LogP contribution in [0.4, 0.5) is 5.69 Å². The average molecular weight is 362 g/mol. The number of rotatable bonds is 4. The third-order valence-corrected chi connectivity index (χ3v) is 5.32. The Morgan fingerprint density at radius 1 is 1.12 bits per heavy atom. The molecule has 4 nitrogen and oxygen atoms in total. The van der Waals surface area contributed by atoms with Gasteiger partial charge in [0.15, 0.2) is 0 Å². The monoisotopic (exact) mass is 361 g/mol. The van der Waals surface area contributed by atoms with Gasteiger partial charge in [0.25, 0.3) is 5.91 Å². The molecule has 1 N–H and O–H groups in total. The second kappa shape index (κ2) is 6.71. The van der Waals surface area contributed by atoms with Gasteiger partial charge in [-0.3, -0.25) is 4.79 Å². The highest BCUT2D eigenvalue weighted by Gasteiger charge is 2.18. The van der Waals surface area contributed by atoms with Crippen molar-refractivity contribution in [3.05, 3.63) is 51.9 Å². The average Bonchev–Trinajstić information content (AvgIpc) is 2.92. The number of aryl methyl sites for hydroxylation is 1. The van der Waals surface area contributed by atoms with E-state index in [1.165, 1.54) is 11.3 Å². The SMILES string of the molecule is COc1cc(NC(=O)c2sc3cccc(C)c3c2Cl)cc(OC)c1. The van der Waals surface area contributed by atoms with E-state index in [1.54, 1.807) is 32.4 Å². The third-order valence-electron chi connectivity index (χ3n) is 3.68. The smallest absolute Gasteiger partial charge is 0.267 e. The van der Waals surface area contributed by atoms with E-state index in [2.05, 4.69) is 5.32 Å². The highest BCUT2D eigenvalue weighted by molar-refractivity contribution is 7.21. The van der Waals surface area contributed by atoms with E-state index in [9.17, 15) is 4.79 Å². The van der Waals surface area contributed by atoms with Gasteiger partial charge in [0, 0.05) is 34.0 Å². The first-order valence-corrected chi connectivity index (χ1v) is 8.45. The molecule has 1 amide bonds. The fraction of sp³-hybridized carbons (Fsp3) is 0.167. The highest BCUT2D eigenvalue weighted by atomic mass is 35.5. The number of ether oxygens (including phenoxy) is 2. The number of hydrogen-bond acceptors (Lipinski definition) is 4. The zero-order chi connectivity index (χ0) is 17.3. The van der Waals surface area contributed by atoms with Gasteiger partial charge in [0.1, 0.15) is 16.4 Å². The van der Waals surface area contributed by atoms with Crippen LogP contribution in [0.1, 0.15) is 15.2 Å². The number of halogens is 1. The zero-order valence-electron chi connectivity index (χ0n) is 13.5. The van der Waals surface area contributed by atoms with Gasteiger partial charge in [-0.15, -0.1) is 11.3 Å². The van der Waals surface area contributed by atoms with Crippen molar-refractivity contribution in [1.82, 2.24) is 0 Å². The van der Waals surface area contributed by atoms with Crippen molar-refractivity contribution in [1.29, 1.82) is 0 Å². The van der Waals surface area contributed by atoms with Crippen LogP contribution in [0.5, 0.6) is 11.5 Å². The molecular formula is C18H16ClNO3S. The van der Waals surface area contributed by atoms with Crippen LogP contribution in [0.3, 0.4) is 0 Å². The van der Waals surface area contributed by atoms with E-state index in [0.717, 1.165) is 15.6 Å². The Hall–Kier alpha value is -2.24. The van der Waals surface area contributed by atoms with Gasteiger partial charge in [-0.05, 0) is 18.6 Å². The molecule has 0 radical (unpaired) electrons. The van der Waals surface area contributed by atoms with Crippen LogP contribution < -0.4 is 14.8 Å². The molecule has 24 heavy (non-hydrogen) atoms. The highest BCUT2D eigenvalue weighted by Crippen LogP contribution is 2.37. The number of thiophene rings is 1. The molecule has 0 saturated heterocycles. The van der Waals surface area contributed by atoms with Crippen LogP contribution in [-0.2, 0) is 0 Å². The first-order valence-electron chi connectivity index (χ1n) is 7.25. The predicted octanol–water partition coefficient (Wildman–Crippen LogP) is 5.13. The van der Waals surface area contributed by atoms with Crippen LogP contribution in [0, 0.1) is 6.92 Å². The molecular weight excluding hydrogens is 346 g/mol. The van der Waals surface area contributed by atoms with E-state index in [0.29, 0.717) is 27.1 Å². The number of fused-ring (bicyclic) bond motifs is 1. The summed E-state index contributed by atoms with van der Waals surface area (Å²) in [6.45, 7) is 1.98. The third kappa shape index (κ3) is 3.05. The van der Waals surface area contributed by atoms with Gasteiger partial charge in [-0.1, -0.05) is 23.7 Å². The molecule has 6 heteroatoms. The molecule has 0 unspecified atom stereocenters. The second-order valence-corrected chi connectivity index (χ2v) is 6.68. The van der Waals surface area contributed by atoms with Gasteiger partial charge in [-0.2, -0.15) is 0 Å². The van der Waals surface area contributed by atoms with Crippen molar-refractivity contribution in [3.8, 4) is 11.5 Å². The standard InChI is InChI=1S/C18H16ClNO3S/c1-10-5-4-6-14-15(10)16(19)17(24-14)18(21)20-11-7-12(22-2)9-13(8-11)23-3/h4-9H,1-3H3,(H,20,21). The molecule has 2 aromatic carbocycles. The van der Waals surface area contributed by atoms with Gasteiger partial charge < -0.3 is 14.8 Å². The maximum Gasteiger partial charge on any atom is 0.267 e. The van der Waals surface area contributed by atoms with Crippen molar-refractivity contribution in [2.75, 3.05) is 19.5 Å². The van der Waals surface area contributed by atoms with E-state index in [1.807, 2.05) is 25.1 Å². The second-order valence-electron chi connectivity index (χ2n) is 5.25. The zero-order valence-corrected chi connectivity index (χ0v) is 15.0. The Morgan fingerprint density at radius 3 is 2.38 bits per heavy atom. The van der Waals surface area contributed by atoms with Gasteiger partial charge >= 0.3 is 0 Å². The Balaban J connectivity index is 1.96. The molecule has 0 aliphatic heterocycles. The Morgan fingerprint density at radius 2 is 1.79 bits per heavy atom. The molecule has 0 saturated carbocycles. The van der Waals surface area contributed by atoms with E-state index >= 15 is 0 Å². The maximum absolute atomic E-state index is 12.6. The van der Waals surface area contributed by atoms with Crippen LogP contribution in [0.25, 0.3) is 10.1 Å². The molecule has 3 aromatic rings. The number of benzene rings is 2. The first-order chi connectivity index (χ1) is 11.5. The first kappa shape index (κ1) is 16.6. The molecule has 124 valence electrons. The lowest BCUT2D eigenvalue weighted by Gasteiger charge is -2.09. The summed E-state index contributed by atoms with van der Waals surface area (Å²) >= 11 is 7.82. The van der Waals surface area contributed by atoms with Crippen molar-refractivity contribution < 1.29 is 14.3 Å². The maximum atomic E-state index is 12.6. The fourth-order valence-electron chi connectivity index (χ4n) is 2.49. The molecule has 0 aliphatic rings. The number of methoxy groups -OCH3 is 2. The van der Waals surface area contributed by atoms with E-state index < -0.39 is 0 Å². The van der Waals surface area contributed by atoms with Crippen molar-refractivity contribution in [2.24, 2.45) is 0 Å². The molecule has 1 heterocycles. The minimum atomic E-state index is -0.254. The van der Waals surface area contributed by atoms with Gasteiger partial charge in [0.2, 0.25) is 0 Å². The Labute approximate surface area is 149 Å². The van der Waals surface area contributed by atoms with E-state index in [4.69, 9.17) is 21.1 Å². The predicted molar refractivity (Wildman–Crippen MR) is 99.1 cm³/mol. The van der Waals surface area contributed by atoms with Crippen LogP contribution >= 0.6 is 22.9 Å². The topological polar surface area (TPSA) is 47.6 Å². The summed E-state index contributed by atoms with van der Waals surface area (Å²) in [7, 11) is 3.12. The number of carbonyl (C=O) groups is 1. The van der Waals surface area contributed by atoms with Crippen molar-refractivity contribution in [3.63, 3.8) is 0 Å². The number of hydrogen-bond donors (Lipinski definition) is 1. The number of carbonyl (C=O) groups excluding carboxylic acids is 1. The molecule has 1 aromatic heterocycles. The molecule has 0 aliphatic carbocycles. The lowest BCUT2D eigenvalue weighted by atomic mass is 10.1. The van der Waals surface area contributed by atoms with Crippen LogP contribution in [-0.4, -0.2) is 20.1 Å². The van der Waals surface area contributed by atoms with Gasteiger partial charge in [-0.25, -0.2) is 0 Å². The minimum Gasteiger partial charge on any atom is -0.497 e. The summed E-state index contributed by atoms with van der Waals surface area (Å²) < 4.78 is 11.4. The number of nitrogens with one attached hydrogen (secondary N) is 1. The summed E-state index contributed by atoms with van der Waals surface area (Å²) in [5.74, 6) is 0.946. The summed E-state index contributed by atoms with van der Waals surface area (Å²) in [5, 5.41) is 4.27. The van der Waals surface area contributed by atoms with Crippen molar-refractivity contribution >= 4 is 44.6 Å². The summed E-state index contributed by atoms with van der Waals surface area (Å²) in [6.07, 6.45) is 0. The molecule has 0 bridgehead atoms. The van der Waals surface area contributed by atoms with Crippen LogP contribution in [0.2, 0.25) is 5.02 Å². The normalized spacial score (nSPS) is 10.7. The van der Waals surface area contributed by atoms with Crippen LogP contribution in [0.15, 0.2) is 36.4 Å². The summed E-state index contributed by atoms with van der Waals surface area (Å²) in [4.78, 5) is 13.1. The fourth-order valence-corrected chi connectivity index (χ4v) is 4.06. The minimum absolute atomic E-state index is 0.254.